The Kier molecular flexibility index (Phi) is 5.67. The zero-order chi connectivity index (χ0) is 13.4. The van der Waals surface area contributed by atoms with Crippen molar-refractivity contribution in [3.05, 3.63) is 30.3 Å². The Bertz CT molecular complexity index is 382. The van der Waals surface area contributed by atoms with Crippen LogP contribution in [0.15, 0.2) is 30.3 Å². The van der Waals surface area contributed by atoms with Crippen molar-refractivity contribution in [3.63, 3.8) is 0 Å². The van der Waals surface area contributed by atoms with Crippen LogP contribution in [0.4, 0.5) is 5.69 Å². The zero-order valence-corrected chi connectivity index (χ0v) is 11.6. The van der Waals surface area contributed by atoms with E-state index in [9.17, 15) is 5.26 Å². The monoisotopic (exact) mass is 245 g/mol. The van der Waals surface area contributed by atoms with E-state index in [2.05, 4.69) is 42.3 Å². The van der Waals surface area contributed by atoms with E-state index in [0.29, 0.717) is 6.54 Å². The second-order valence-corrected chi connectivity index (χ2v) is 4.72. The highest BCUT2D eigenvalue weighted by molar-refractivity contribution is 5.46. The van der Waals surface area contributed by atoms with E-state index in [1.807, 2.05) is 25.1 Å². The molecular weight excluding hydrogens is 222 g/mol. The molecule has 0 saturated heterocycles. The van der Waals surface area contributed by atoms with Gasteiger partial charge in [-0.05, 0) is 38.9 Å². The molecule has 3 heteroatoms. The van der Waals surface area contributed by atoms with Gasteiger partial charge in [0.25, 0.3) is 0 Å². The predicted molar refractivity (Wildman–Crippen MR) is 76.6 cm³/mol. The number of para-hydroxylation sites is 1. The average molecular weight is 245 g/mol. The minimum Gasteiger partial charge on any atom is -0.369 e. The zero-order valence-electron chi connectivity index (χ0n) is 11.6. The van der Waals surface area contributed by atoms with Gasteiger partial charge in [-0.2, -0.15) is 5.26 Å². The molecule has 0 aliphatic heterocycles. The van der Waals surface area contributed by atoms with E-state index in [1.54, 1.807) is 0 Å². The van der Waals surface area contributed by atoms with Gasteiger partial charge in [0.15, 0.2) is 0 Å². The first-order chi connectivity index (χ1) is 8.65. The molecule has 1 aromatic rings. The molecular formula is C15H23N3. The second-order valence-electron chi connectivity index (χ2n) is 4.72. The number of rotatable bonds is 7. The molecule has 0 aromatic heterocycles. The number of nitrogens with one attached hydrogen (secondary N) is 1. The molecule has 98 valence electrons. The maximum Gasteiger partial charge on any atom is 0.121 e. The summed E-state index contributed by atoms with van der Waals surface area (Å²) >= 11 is 0. The van der Waals surface area contributed by atoms with Gasteiger partial charge in [0.2, 0.25) is 0 Å². The molecule has 0 saturated carbocycles. The summed E-state index contributed by atoms with van der Waals surface area (Å²) in [5.41, 5.74) is 0.668. The molecule has 18 heavy (non-hydrogen) atoms. The van der Waals surface area contributed by atoms with Crippen molar-refractivity contribution < 1.29 is 0 Å². The van der Waals surface area contributed by atoms with E-state index < -0.39 is 5.54 Å². The van der Waals surface area contributed by atoms with E-state index in [1.165, 1.54) is 5.69 Å². The fourth-order valence-corrected chi connectivity index (χ4v) is 1.94. The predicted octanol–water partition coefficient (Wildman–Crippen LogP) is 2.79. The number of nitriles is 1. The molecule has 3 nitrogen and oxygen atoms in total. The van der Waals surface area contributed by atoms with Crippen molar-refractivity contribution in [1.82, 2.24) is 5.32 Å². The highest BCUT2D eigenvalue weighted by atomic mass is 15.2. The first kappa shape index (κ1) is 14.5. The minimum atomic E-state index is -0.498. The van der Waals surface area contributed by atoms with E-state index in [-0.39, 0.29) is 0 Å². The summed E-state index contributed by atoms with van der Waals surface area (Å²) < 4.78 is 0. The summed E-state index contributed by atoms with van der Waals surface area (Å²) in [6.45, 7) is 8.66. The van der Waals surface area contributed by atoms with Crippen LogP contribution in [0.1, 0.15) is 27.2 Å². The first-order valence-electron chi connectivity index (χ1n) is 6.61. The Balaban J connectivity index is 2.76. The van der Waals surface area contributed by atoms with E-state index in [4.69, 9.17) is 0 Å². The second kappa shape index (κ2) is 7.03. The number of nitrogens with zero attached hydrogens (tertiary/aromatic N) is 2. The van der Waals surface area contributed by atoms with Crippen molar-refractivity contribution in [3.8, 4) is 6.07 Å². The summed E-state index contributed by atoms with van der Waals surface area (Å²) in [5.74, 6) is 0. The third-order valence-corrected chi connectivity index (χ3v) is 3.02. The van der Waals surface area contributed by atoms with Crippen molar-refractivity contribution >= 4 is 5.69 Å². The highest BCUT2D eigenvalue weighted by Crippen LogP contribution is 2.16. The summed E-state index contributed by atoms with van der Waals surface area (Å²) in [6.07, 6.45) is 1.04. The maximum atomic E-state index is 9.36. The molecule has 0 aliphatic rings. The van der Waals surface area contributed by atoms with Crippen LogP contribution in [-0.2, 0) is 0 Å². The van der Waals surface area contributed by atoms with Gasteiger partial charge in [0.1, 0.15) is 5.54 Å². The Morgan fingerprint density at radius 3 is 2.44 bits per heavy atom. The quantitative estimate of drug-likeness (QED) is 0.803. The van der Waals surface area contributed by atoms with Crippen LogP contribution in [0.25, 0.3) is 0 Å². The summed E-state index contributed by atoms with van der Waals surface area (Å²) in [7, 11) is 0. The Morgan fingerprint density at radius 1 is 1.28 bits per heavy atom. The van der Waals surface area contributed by atoms with Crippen molar-refractivity contribution in [2.75, 3.05) is 24.5 Å². The first-order valence-corrected chi connectivity index (χ1v) is 6.61. The Hall–Kier alpha value is -1.53. The summed E-state index contributed by atoms with van der Waals surface area (Å²) in [5, 5.41) is 12.7. The molecule has 1 atom stereocenters. The highest BCUT2D eigenvalue weighted by Gasteiger charge is 2.25. The molecule has 0 bridgehead atoms. The fraction of sp³-hybridized carbons (Fsp3) is 0.533. The molecule has 0 amide bonds. The number of hydrogen-bond donors (Lipinski definition) is 1. The standard InChI is InChI=1S/C15H23N3/c1-4-11-17-15(3,12-16)13-18(5-2)14-9-7-6-8-10-14/h6-10,17H,4-5,11,13H2,1-3H3. The van der Waals surface area contributed by atoms with Crippen molar-refractivity contribution in [2.24, 2.45) is 0 Å². The number of anilines is 1. The van der Waals surface area contributed by atoms with Gasteiger partial charge < -0.3 is 4.90 Å². The molecule has 0 fully saturated rings. The smallest absolute Gasteiger partial charge is 0.121 e. The van der Waals surface area contributed by atoms with Crippen LogP contribution in [0, 0.1) is 11.3 Å². The molecule has 0 spiro atoms. The lowest BCUT2D eigenvalue weighted by Gasteiger charge is -2.32. The van der Waals surface area contributed by atoms with Crippen LogP contribution in [0.3, 0.4) is 0 Å². The third kappa shape index (κ3) is 4.05. The molecule has 0 radical (unpaired) electrons. The molecule has 1 unspecified atom stereocenters. The molecule has 1 aromatic carbocycles. The topological polar surface area (TPSA) is 39.1 Å². The van der Waals surface area contributed by atoms with Crippen molar-refractivity contribution in [1.29, 1.82) is 5.26 Å². The SMILES string of the molecule is CCCNC(C)(C#N)CN(CC)c1ccccc1. The van der Waals surface area contributed by atoms with Gasteiger partial charge in [0.05, 0.1) is 6.07 Å². The normalized spacial score (nSPS) is 13.7. The van der Waals surface area contributed by atoms with Gasteiger partial charge >= 0.3 is 0 Å². The van der Waals surface area contributed by atoms with Gasteiger partial charge in [-0.3, -0.25) is 5.32 Å². The number of likely N-dealkylation sites (N-methyl/N-ethyl adjacent to an activating group) is 1. The van der Waals surface area contributed by atoms with Crippen molar-refractivity contribution in [2.45, 2.75) is 32.7 Å². The Morgan fingerprint density at radius 2 is 1.94 bits per heavy atom. The van der Waals surface area contributed by atoms with Gasteiger partial charge in [-0.1, -0.05) is 25.1 Å². The lowest BCUT2D eigenvalue weighted by atomic mass is 10.0. The van der Waals surface area contributed by atoms with E-state index in [0.717, 1.165) is 19.5 Å². The lowest BCUT2D eigenvalue weighted by molar-refractivity contribution is 0.444. The van der Waals surface area contributed by atoms with Gasteiger partial charge in [-0.15, -0.1) is 0 Å². The van der Waals surface area contributed by atoms with Crippen LogP contribution in [0.2, 0.25) is 0 Å². The lowest BCUT2D eigenvalue weighted by Crippen LogP contribution is -2.50. The Labute approximate surface area is 110 Å². The molecule has 0 aliphatic carbocycles. The third-order valence-electron chi connectivity index (χ3n) is 3.02. The molecule has 1 N–H and O–H groups in total. The molecule has 1 rings (SSSR count). The van der Waals surface area contributed by atoms with Crippen LogP contribution < -0.4 is 10.2 Å². The molecule has 0 heterocycles. The van der Waals surface area contributed by atoms with E-state index >= 15 is 0 Å². The fourth-order valence-electron chi connectivity index (χ4n) is 1.94. The minimum absolute atomic E-state index is 0.498. The van der Waals surface area contributed by atoms with Gasteiger partial charge in [0, 0.05) is 18.8 Å². The summed E-state index contributed by atoms with van der Waals surface area (Å²) in [6, 6.07) is 12.6. The average Bonchev–Trinajstić information content (AvgIpc) is 2.43. The maximum absolute atomic E-state index is 9.36. The number of hydrogen-bond acceptors (Lipinski definition) is 3. The van der Waals surface area contributed by atoms with Gasteiger partial charge in [-0.25, -0.2) is 0 Å². The summed E-state index contributed by atoms with van der Waals surface area (Å²) in [4.78, 5) is 2.23. The number of benzene rings is 1. The van der Waals surface area contributed by atoms with Crippen LogP contribution in [0.5, 0.6) is 0 Å². The van der Waals surface area contributed by atoms with Crippen LogP contribution in [-0.4, -0.2) is 25.2 Å². The largest absolute Gasteiger partial charge is 0.369 e. The van der Waals surface area contributed by atoms with Crippen LogP contribution >= 0.6 is 0 Å².